The van der Waals surface area contributed by atoms with Crippen molar-refractivity contribution < 1.29 is 4.79 Å². The van der Waals surface area contributed by atoms with Gasteiger partial charge in [0.25, 0.3) is 0 Å². The lowest BCUT2D eigenvalue weighted by Gasteiger charge is -2.24. The molecule has 0 unspecified atom stereocenters. The summed E-state index contributed by atoms with van der Waals surface area (Å²) in [5, 5.41) is 7.58. The molecule has 6 heteroatoms. The molecule has 0 bridgehead atoms. The Morgan fingerprint density at radius 3 is 2.47 bits per heavy atom. The highest BCUT2D eigenvalue weighted by Crippen LogP contribution is 2.25. The third-order valence-corrected chi connectivity index (χ3v) is 7.46. The summed E-state index contributed by atoms with van der Waals surface area (Å²) in [6, 6.07) is 26.9. The molecule has 3 aromatic rings. The molecule has 1 aliphatic heterocycles. The van der Waals surface area contributed by atoms with Crippen LogP contribution in [0, 0.1) is 0 Å². The quantitative estimate of drug-likeness (QED) is 0.383. The topological polar surface area (TPSA) is 44.4 Å². The van der Waals surface area contributed by atoms with Crippen LogP contribution in [-0.4, -0.2) is 42.2 Å². The summed E-state index contributed by atoms with van der Waals surface area (Å²) < 4.78 is 0. The van der Waals surface area contributed by atoms with Gasteiger partial charge in [-0.3, -0.25) is 9.69 Å². The number of nitrogens with one attached hydrogen (secondary N) is 2. The second kappa shape index (κ2) is 12.4. The Morgan fingerprint density at radius 1 is 1.00 bits per heavy atom. The fourth-order valence-electron chi connectivity index (χ4n) is 4.44. The molecule has 1 saturated heterocycles. The zero-order chi connectivity index (χ0) is 23.8. The largest absolute Gasteiger partial charge is 0.354 e. The third kappa shape index (κ3) is 6.86. The van der Waals surface area contributed by atoms with E-state index < -0.39 is 0 Å². The molecular formula is C28H32ClN3OS. The predicted molar refractivity (Wildman–Crippen MR) is 142 cm³/mol. The molecule has 1 aliphatic rings. The molecule has 0 spiro atoms. The van der Waals surface area contributed by atoms with Gasteiger partial charge in [-0.2, -0.15) is 0 Å². The maximum atomic E-state index is 13.2. The molecule has 0 aliphatic carbocycles. The minimum Gasteiger partial charge on any atom is -0.354 e. The zero-order valence-electron chi connectivity index (χ0n) is 19.5. The SMILES string of the molecule is CSc1ccc(CN[C@H]2C[C@@H](C(=O)NCCc3ccccc3)N(Cc3ccccc3Cl)C2)cc1. The maximum absolute atomic E-state index is 13.2. The molecule has 34 heavy (non-hydrogen) atoms. The van der Waals surface area contributed by atoms with Crippen LogP contribution in [0.1, 0.15) is 23.1 Å². The molecule has 4 nitrogen and oxygen atoms in total. The van der Waals surface area contributed by atoms with E-state index in [1.807, 2.05) is 42.5 Å². The van der Waals surface area contributed by atoms with Crippen LogP contribution in [0.3, 0.4) is 0 Å². The highest BCUT2D eigenvalue weighted by molar-refractivity contribution is 7.98. The van der Waals surface area contributed by atoms with E-state index in [1.54, 1.807) is 11.8 Å². The number of carbonyl (C=O) groups excluding carboxylic acids is 1. The highest BCUT2D eigenvalue weighted by Gasteiger charge is 2.36. The van der Waals surface area contributed by atoms with Crippen LogP contribution in [-0.2, 0) is 24.3 Å². The maximum Gasteiger partial charge on any atom is 0.237 e. The molecule has 1 amide bonds. The second-order valence-electron chi connectivity index (χ2n) is 8.72. The average Bonchev–Trinajstić information content (AvgIpc) is 3.28. The van der Waals surface area contributed by atoms with Gasteiger partial charge in [0, 0.05) is 42.1 Å². The number of hydrogen-bond donors (Lipinski definition) is 2. The molecular weight excluding hydrogens is 462 g/mol. The van der Waals surface area contributed by atoms with Crippen LogP contribution < -0.4 is 10.6 Å². The standard InChI is InChI=1S/C28H32ClN3OS/c1-34-25-13-11-22(12-14-25)18-31-24-17-27(28(33)30-16-15-21-7-3-2-4-8-21)32(20-24)19-23-9-5-6-10-26(23)29/h2-14,24,27,31H,15-20H2,1H3,(H,30,33)/t24-,27-/m0/s1. The predicted octanol–water partition coefficient (Wildman–Crippen LogP) is 5.15. The molecule has 2 N–H and O–H groups in total. The normalized spacial score (nSPS) is 18.2. The number of benzene rings is 3. The van der Waals surface area contributed by atoms with Crippen molar-refractivity contribution >= 4 is 29.3 Å². The fourth-order valence-corrected chi connectivity index (χ4v) is 5.05. The van der Waals surface area contributed by atoms with Crippen LogP contribution in [0.25, 0.3) is 0 Å². The van der Waals surface area contributed by atoms with Gasteiger partial charge in [0.05, 0.1) is 6.04 Å². The summed E-state index contributed by atoms with van der Waals surface area (Å²) in [6.45, 7) is 2.91. The third-order valence-electron chi connectivity index (χ3n) is 6.35. The first-order chi connectivity index (χ1) is 16.6. The Morgan fingerprint density at radius 2 is 1.74 bits per heavy atom. The van der Waals surface area contributed by atoms with Crippen LogP contribution in [0.2, 0.25) is 5.02 Å². The first kappa shape index (κ1) is 24.8. The van der Waals surface area contributed by atoms with E-state index in [9.17, 15) is 4.79 Å². The summed E-state index contributed by atoms with van der Waals surface area (Å²) >= 11 is 8.19. The first-order valence-corrected chi connectivity index (χ1v) is 13.4. The monoisotopic (exact) mass is 493 g/mol. The van der Waals surface area contributed by atoms with Gasteiger partial charge in [0.1, 0.15) is 0 Å². The summed E-state index contributed by atoms with van der Waals surface area (Å²) in [4.78, 5) is 16.7. The molecule has 178 valence electrons. The molecule has 2 atom stereocenters. The number of thioether (sulfide) groups is 1. The minimum atomic E-state index is -0.177. The first-order valence-electron chi connectivity index (χ1n) is 11.8. The molecule has 4 rings (SSSR count). The molecule has 3 aromatic carbocycles. The van der Waals surface area contributed by atoms with Crippen molar-refractivity contribution in [3.05, 3.63) is 101 Å². The van der Waals surface area contributed by atoms with E-state index >= 15 is 0 Å². The lowest BCUT2D eigenvalue weighted by Crippen LogP contribution is -2.43. The lowest BCUT2D eigenvalue weighted by atomic mass is 10.1. The van der Waals surface area contributed by atoms with Crippen molar-refractivity contribution in [1.29, 1.82) is 0 Å². The summed E-state index contributed by atoms with van der Waals surface area (Å²) in [5.74, 6) is 0.0941. The zero-order valence-corrected chi connectivity index (χ0v) is 21.1. The van der Waals surface area contributed by atoms with Gasteiger partial charge in [0.15, 0.2) is 0 Å². The van der Waals surface area contributed by atoms with Gasteiger partial charge >= 0.3 is 0 Å². The number of halogens is 1. The van der Waals surface area contributed by atoms with Crippen LogP contribution in [0.4, 0.5) is 0 Å². The van der Waals surface area contributed by atoms with Crippen LogP contribution in [0.15, 0.2) is 83.8 Å². The van der Waals surface area contributed by atoms with Crippen molar-refractivity contribution in [1.82, 2.24) is 15.5 Å². The molecule has 0 saturated carbocycles. The summed E-state index contributed by atoms with van der Waals surface area (Å²) in [7, 11) is 0. The van der Waals surface area contributed by atoms with E-state index in [0.29, 0.717) is 13.1 Å². The number of likely N-dealkylation sites (tertiary alicyclic amines) is 1. The number of rotatable bonds is 10. The van der Waals surface area contributed by atoms with E-state index in [0.717, 1.165) is 36.5 Å². The van der Waals surface area contributed by atoms with E-state index in [1.165, 1.54) is 16.0 Å². The Bertz CT molecular complexity index is 1060. The summed E-state index contributed by atoms with van der Waals surface area (Å²) in [6.07, 6.45) is 3.70. The lowest BCUT2D eigenvalue weighted by molar-refractivity contribution is -0.125. The van der Waals surface area contributed by atoms with Crippen molar-refractivity contribution in [2.75, 3.05) is 19.3 Å². The van der Waals surface area contributed by atoms with Crippen molar-refractivity contribution in [3.63, 3.8) is 0 Å². The molecule has 0 radical (unpaired) electrons. The smallest absolute Gasteiger partial charge is 0.237 e. The number of nitrogens with zero attached hydrogens (tertiary/aromatic N) is 1. The van der Waals surface area contributed by atoms with Crippen LogP contribution >= 0.6 is 23.4 Å². The Balaban J connectivity index is 1.38. The highest BCUT2D eigenvalue weighted by atomic mass is 35.5. The van der Waals surface area contributed by atoms with E-state index in [-0.39, 0.29) is 18.0 Å². The van der Waals surface area contributed by atoms with Crippen LogP contribution in [0.5, 0.6) is 0 Å². The fraction of sp³-hybridized carbons (Fsp3) is 0.321. The molecule has 1 fully saturated rings. The Kier molecular flexibility index (Phi) is 9.05. The Labute approximate surface area is 212 Å². The van der Waals surface area contributed by atoms with Gasteiger partial charge in [-0.1, -0.05) is 72.3 Å². The van der Waals surface area contributed by atoms with Crippen molar-refractivity contribution in [2.24, 2.45) is 0 Å². The van der Waals surface area contributed by atoms with Gasteiger partial charge in [-0.15, -0.1) is 11.8 Å². The Hall–Kier alpha value is -2.31. The second-order valence-corrected chi connectivity index (χ2v) is 10.0. The molecule has 1 heterocycles. The number of amides is 1. The van der Waals surface area contributed by atoms with Gasteiger partial charge in [-0.25, -0.2) is 0 Å². The van der Waals surface area contributed by atoms with Gasteiger partial charge in [0.2, 0.25) is 5.91 Å². The number of carbonyl (C=O) groups is 1. The summed E-state index contributed by atoms with van der Waals surface area (Å²) in [5.41, 5.74) is 3.54. The van der Waals surface area contributed by atoms with E-state index in [2.05, 4.69) is 58.2 Å². The van der Waals surface area contributed by atoms with E-state index in [4.69, 9.17) is 11.6 Å². The average molecular weight is 494 g/mol. The number of hydrogen-bond acceptors (Lipinski definition) is 4. The minimum absolute atomic E-state index is 0.0941. The van der Waals surface area contributed by atoms with Crippen molar-refractivity contribution in [2.45, 2.75) is 42.9 Å². The molecule has 0 aromatic heterocycles. The van der Waals surface area contributed by atoms with Crippen molar-refractivity contribution in [3.8, 4) is 0 Å². The van der Waals surface area contributed by atoms with Gasteiger partial charge in [-0.05, 0) is 54.0 Å². The van der Waals surface area contributed by atoms with Gasteiger partial charge < -0.3 is 10.6 Å².